The maximum Gasteiger partial charge on any atom is 0.291 e. The average Bonchev–Trinajstić information content (AvgIpc) is 3.62. The van der Waals surface area contributed by atoms with E-state index in [0.29, 0.717) is 21.9 Å². The molecule has 0 atom stereocenters. The fourth-order valence-electron chi connectivity index (χ4n) is 4.37. The van der Waals surface area contributed by atoms with Gasteiger partial charge in [0.05, 0.1) is 16.8 Å². The van der Waals surface area contributed by atoms with Crippen LogP contribution in [0.2, 0.25) is 0 Å². The zero-order chi connectivity index (χ0) is 26.2. The molecule has 0 aliphatic heterocycles. The number of rotatable bonds is 6. The van der Waals surface area contributed by atoms with Crippen LogP contribution in [0.1, 0.15) is 23.6 Å². The molecule has 0 unspecified atom stereocenters. The summed E-state index contributed by atoms with van der Waals surface area (Å²) in [5.41, 5.74) is 6.56. The van der Waals surface area contributed by atoms with Crippen LogP contribution >= 0.6 is 11.3 Å². The highest BCUT2D eigenvalue weighted by molar-refractivity contribution is 7.15. The highest BCUT2D eigenvalue weighted by Gasteiger charge is 2.16. The van der Waals surface area contributed by atoms with E-state index in [1.165, 1.54) is 15.9 Å². The van der Waals surface area contributed by atoms with Crippen LogP contribution in [-0.2, 0) is 0 Å². The molecule has 0 radical (unpaired) electrons. The van der Waals surface area contributed by atoms with E-state index in [4.69, 9.17) is 9.84 Å². The minimum absolute atomic E-state index is 0.200. The molecule has 6 rings (SSSR count). The van der Waals surface area contributed by atoms with E-state index in [2.05, 4.69) is 42.1 Å². The quantitative estimate of drug-likeness (QED) is 0.301. The van der Waals surface area contributed by atoms with Crippen molar-refractivity contribution < 1.29 is 4.74 Å². The van der Waals surface area contributed by atoms with Crippen molar-refractivity contribution in [2.24, 2.45) is 0 Å². The standard InChI is InChI=1S/C30H25N5O2S/c1-4-37-24-14-12-21(13-15-24)28-31-30-35(33-28)29(36)26(38-30)17-22-18-34(23-8-6-5-7-9-23)32-27(22)25-16-19(2)10-11-20(25)3/h5-18H,4H2,1-3H3/b26-17-. The summed E-state index contributed by atoms with van der Waals surface area (Å²) < 4.78 is 9.30. The molecule has 0 bridgehead atoms. The molecule has 0 aliphatic rings. The van der Waals surface area contributed by atoms with Gasteiger partial charge in [0.25, 0.3) is 5.56 Å². The number of aromatic nitrogens is 5. The van der Waals surface area contributed by atoms with Crippen LogP contribution in [0.3, 0.4) is 0 Å². The highest BCUT2D eigenvalue weighted by atomic mass is 32.1. The lowest BCUT2D eigenvalue weighted by atomic mass is 10.0. The molecule has 0 fully saturated rings. The molecule has 0 N–H and O–H groups in total. The van der Waals surface area contributed by atoms with Gasteiger partial charge in [-0.1, -0.05) is 47.2 Å². The molecule has 3 aromatic carbocycles. The number of hydrogen-bond acceptors (Lipinski definition) is 6. The molecule has 188 valence electrons. The fourth-order valence-corrected chi connectivity index (χ4v) is 5.27. The topological polar surface area (TPSA) is 74.3 Å². The number of benzene rings is 3. The van der Waals surface area contributed by atoms with E-state index in [9.17, 15) is 4.79 Å². The van der Waals surface area contributed by atoms with E-state index in [1.807, 2.05) is 78.5 Å². The number of para-hydroxylation sites is 1. The fraction of sp³-hybridized carbons (Fsp3) is 0.133. The van der Waals surface area contributed by atoms with Gasteiger partial charge in [0.15, 0.2) is 5.82 Å². The van der Waals surface area contributed by atoms with Gasteiger partial charge >= 0.3 is 0 Å². The number of thiazole rings is 1. The lowest BCUT2D eigenvalue weighted by Gasteiger charge is -2.05. The third kappa shape index (κ3) is 4.39. The number of fused-ring (bicyclic) bond motifs is 1. The second-order valence-corrected chi connectivity index (χ2v) is 10.0. The van der Waals surface area contributed by atoms with Crippen LogP contribution in [0.15, 0.2) is 83.8 Å². The van der Waals surface area contributed by atoms with Crippen LogP contribution < -0.4 is 14.8 Å². The first-order valence-electron chi connectivity index (χ1n) is 12.4. The average molecular weight is 520 g/mol. The summed E-state index contributed by atoms with van der Waals surface area (Å²) in [5.74, 6) is 1.30. The maximum atomic E-state index is 13.4. The molecule has 0 spiro atoms. The zero-order valence-electron chi connectivity index (χ0n) is 21.3. The van der Waals surface area contributed by atoms with Crippen molar-refractivity contribution in [2.45, 2.75) is 20.8 Å². The maximum absolute atomic E-state index is 13.4. The molecular weight excluding hydrogens is 494 g/mol. The van der Waals surface area contributed by atoms with Crippen molar-refractivity contribution in [3.63, 3.8) is 0 Å². The third-order valence-electron chi connectivity index (χ3n) is 6.30. The van der Waals surface area contributed by atoms with Crippen molar-refractivity contribution in [2.75, 3.05) is 6.61 Å². The number of ether oxygens (including phenoxy) is 1. The van der Waals surface area contributed by atoms with Crippen molar-refractivity contribution in [1.82, 2.24) is 24.4 Å². The molecule has 0 saturated heterocycles. The van der Waals surface area contributed by atoms with E-state index in [-0.39, 0.29) is 5.56 Å². The molecule has 0 amide bonds. The second-order valence-electron chi connectivity index (χ2n) is 9.03. The zero-order valence-corrected chi connectivity index (χ0v) is 22.1. The first kappa shape index (κ1) is 23.8. The lowest BCUT2D eigenvalue weighted by Crippen LogP contribution is -2.23. The van der Waals surface area contributed by atoms with Gasteiger partial charge in [0.2, 0.25) is 4.96 Å². The number of hydrogen-bond donors (Lipinski definition) is 0. The van der Waals surface area contributed by atoms with Crippen molar-refractivity contribution in [3.8, 4) is 34.1 Å². The van der Waals surface area contributed by atoms with E-state index < -0.39 is 0 Å². The Balaban J connectivity index is 1.46. The summed E-state index contributed by atoms with van der Waals surface area (Å²) in [4.78, 5) is 18.5. The minimum atomic E-state index is -0.200. The Morgan fingerprint density at radius 1 is 0.974 bits per heavy atom. The summed E-state index contributed by atoms with van der Waals surface area (Å²) in [6, 6.07) is 23.8. The first-order chi connectivity index (χ1) is 18.5. The summed E-state index contributed by atoms with van der Waals surface area (Å²) in [6.45, 7) is 6.69. The first-order valence-corrected chi connectivity index (χ1v) is 13.2. The van der Waals surface area contributed by atoms with Crippen LogP contribution in [-0.4, -0.2) is 31.0 Å². The van der Waals surface area contributed by atoms with Gasteiger partial charge in [-0.15, -0.1) is 5.10 Å². The Bertz CT molecular complexity index is 1870. The molecule has 7 nitrogen and oxygen atoms in total. The van der Waals surface area contributed by atoms with Gasteiger partial charge < -0.3 is 4.74 Å². The van der Waals surface area contributed by atoms with E-state index >= 15 is 0 Å². The third-order valence-corrected chi connectivity index (χ3v) is 7.26. The molecule has 0 aliphatic carbocycles. The van der Waals surface area contributed by atoms with Crippen LogP contribution in [0.4, 0.5) is 0 Å². The van der Waals surface area contributed by atoms with Crippen molar-refractivity contribution in [3.05, 3.63) is 111 Å². The van der Waals surface area contributed by atoms with Crippen LogP contribution in [0.25, 0.3) is 39.4 Å². The Morgan fingerprint density at radius 3 is 2.50 bits per heavy atom. The molecule has 0 saturated carbocycles. The van der Waals surface area contributed by atoms with Gasteiger partial charge in [-0.25, -0.2) is 4.68 Å². The monoisotopic (exact) mass is 519 g/mol. The molecule has 3 heterocycles. The van der Waals surface area contributed by atoms with Crippen molar-refractivity contribution in [1.29, 1.82) is 0 Å². The van der Waals surface area contributed by atoms with Crippen LogP contribution in [0, 0.1) is 13.8 Å². The highest BCUT2D eigenvalue weighted by Crippen LogP contribution is 2.28. The number of aryl methyl sites for hydroxylation is 2. The van der Waals surface area contributed by atoms with Gasteiger partial charge in [0.1, 0.15) is 11.4 Å². The Labute approximate surface area is 223 Å². The van der Waals surface area contributed by atoms with Gasteiger partial charge in [-0.05, 0) is 74.9 Å². The molecule has 6 aromatic rings. The summed E-state index contributed by atoms with van der Waals surface area (Å²) in [7, 11) is 0. The molecular formula is C30H25N5O2S. The second kappa shape index (κ2) is 9.72. The Kier molecular flexibility index (Phi) is 6.09. The summed E-state index contributed by atoms with van der Waals surface area (Å²) in [5, 5.41) is 9.44. The Morgan fingerprint density at radius 2 is 1.76 bits per heavy atom. The van der Waals surface area contributed by atoms with Gasteiger partial charge in [-0.3, -0.25) is 4.79 Å². The van der Waals surface area contributed by atoms with Gasteiger partial charge in [-0.2, -0.15) is 14.6 Å². The SMILES string of the molecule is CCOc1ccc(-c2nc3s/c(=C\c4cn(-c5ccccc5)nc4-c4cc(C)ccc4C)c(=O)n3n2)cc1. The van der Waals surface area contributed by atoms with Gasteiger partial charge in [0, 0.05) is 22.9 Å². The summed E-state index contributed by atoms with van der Waals surface area (Å²) >= 11 is 1.32. The molecule has 8 heteroatoms. The molecule has 3 aromatic heterocycles. The predicted octanol–water partition coefficient (Wildman–Crippen LogP) is 5.23. The smallest absolute Gasteiger partial charge is 0.291 e. The van der Waals surface area contributed by atoms with E-state index in [1.54, 1.807) is 0 Å². The van der Waals surface area contributed by atoms with Crippen molar-refractivity contribution >= 4 is 22.4 Å². The minimum Gasteiger partial charge on any atom is -0.494 e. The molecule has 38 heavy (non-hydrogen) atoms. The van der Waals surface area contributed by atoms with Crippen LogP contribution in [0.5, 0.6) is 5.75 Å². The van der Waals surface area contributed by atoms with E-state index in [0.717, 1.165) is 44.9 Å². The largest absolute Gasteiger partial charge is 0.494 e. The normalized spacial score (nSPS) is 11.9. The lowest BCUT2D eigenvalue weighted by molar-refractivity contribution is 0.340. The Hall–Kier alpha value is -4.56. The number of nitrogens with zero attached hydrogens (tertiary/aromatic N) is 5. The summed E-state index contributed by atoms with van der Waals surface area (Å²) in [6.07, 6.45) is 3.86. The predicted molar refractivity (Wildman–Crippen MR) is 151 cm³/mol.